The topological polar surface area (TPSA) is 94.3 Å². The molecule has 2 unspecified atom stereocenters. The summed E-state index contributed by atoms with van der Waals surface area (Å²) in [6, 6.07) is 10.7. The number of ether oxygens (including phenoxy) is 1. The number of carbonyl (C=O) groups is 2. The van der Waals surface area contributed by atoms with Gasteiger partial charge in [0, 0.05) is 12.0 Å². The minimum atomic E-state index is -0.831. The minimum Gasteiger partial charge on any atom is -0.872 e. The van der Waals surface area contributed by atoms with Gasteiger partial charge >= 0.3 is 0 Å². The largest absolute Gasteiger partial charge is 0.872 e. The first-order chi connectivity index (χ1) is 15.8. The fourth-order valence-electron chi connectivity index (χ4n) is 4.74. The highest BCUT2D eigenvalue weighted by Crippen LogP contribution is 2.40. The van der Waals surface area contributed by atoms with Gasteiger partial charge < -0.3 is 24.7 Å². The molecule has 7 nitrogen and oxygen atoms in total. The van der Waals surface area contributed by atoms with Crippen LogP contribution in [-0.2, 0) is 16.0 Å². The van der Waals surface area contributed by atoms with E-state index in [4.69, 9.17) is 4.74 Å². The lowest BCUT2D eigenvalue weighted by atomic mass is 9.94. The summed E-state index contributed by atoms with van der Waals surface area (Å²) in [6.45, 7) is 8.90. The second-order valence-corrected chi connectivity index (χ2v) is 8.73. The highest BCUT2D eigenvalue weighted by Gasteiger charge is 2.44. The van der Waals surface area contributed by atoms with Crippen LogP contribution >= 0.6 is 0 Å². The Kier molecular flexibility index (Phi) is 6.42. The van der Waals surface area contributed by atoms with Crippen molar-refractivity contribution < 1.29 is 29.4 Å². The molecule has 4 rings (SSSR count). The number of phenolic OH excluding ortho intramolecular Hbond substituents is 1. The first kappa shape index (κ1) is 22.9. The molecular formula is C26H30N2O5. The van der Waals surface area contributed by atoms with Crippen LogP contribution in [0.25, 0.3) is 5.76 Å². The third-order valence-corrected chi connectivity index (χ3v) is 6.58. The fourth-order valence-corrected chi connectivity index (χ4v) is 4.74. The molecule has 0 bridgehead atoms. The van der Waals surface area contributed by atoms with E-state index in [2.05, 4.69) is 13.8 Å². The van der Waals surface area contributed by atoms with Crippen molar-refractivity contribution in [2.45, 2.75) is 39.3 Å². The van der Waals surface area contributed by atoms with Crippen LogP contribution in [0.4, 0.5) is 0 Å². The maximum absolute atomic E-state index is 13.6. The molecule has 0 saturated carbocycles. The molecule has 2 atom stereocenters. The predicted octanol–water partition coefficient (Wildman–Crippen LogP) is 0.864. The minimum absolute atomic E-state index is 0.0177. The third kappa shape index (κ3) is 4.33. The number of nitrogens with one attached hydrogen (secondary N) is 1. The second kappa shape index (κ2) is 9.27. The van der Waals surface area contributed by atoms with Gasteiger partial charge in [0.25, 0.3) is 5.91 Å². The Bertz CT molecular complexity index is 1110. The summed E-state index contributed by atoms with van der Waals surface area (Å²) >= 11 is 0. The summed E-state index contributed by atoms with van der Waals surface area (Å²) in [5.74, 6) is -1.14. The molecule has 174 valence electrons. The van der Waals surface area contributed by atoms with Gasteiger partial charge in [0.2, 0.25) is 5.78 Å². The van der Waals surface area contributed by atoms with Gasteiger partial charge in [0.05, 0.1) is 32.2 Å². The first-order valence-electron chi connectivity index (χ1n) is 11.5. The average molecular weight is 451 g/mol. The van der Waals surface area contributed by atoms with Crippen molar-refractivity contribution in [1.82, 2.24) is 4.90 Å². The van der Waals surface area contributed by atoms with Crippen LogP contribution in [-0.4, -0.2) is 54.0 Å². The number of likely N-dealkylation sites (tertiary alicyclic amines) is 1. The van der Waals surface area contributed by atoms with Gasteiger partial charge in [-0.05, 0) is 61.7 Å². The number of aromatic hydroxyl groups is 1. The zero-order valence-electron chi connectivity index (χ0n) is 19.3. The molecule has 1 saturated heterocycles. The molecule has 0 aromatic heterocycles. The van der Waals surface area contributed by atoms with Crippen LogP contribution in [0, 0.1) is 0 Å². The smallest absolute Gasteiger partial charge is 0.295 e. The Morgan fingerprint density at radius 2 is 1.94 bits per heavy atom. The van der Waals surface area contributed by atoms with Crippen LogP contribution in [0.2, 0.25) is 0 Å². The van der Waals surface area contributed by atoms with E-state index >= 15 is 0 Å². The summed E-state index contributed by atoms with van der Waals surface area (Å²) in [5, 5.41) is 23.7. The van der Waals surface area contributed by atoms with Crippen molar-refractivity contribution in [3.05, 3.63) is 64.7 Å². The van der Waals surface area contributed by atoms with Crippen molar-refractivity contribution in [3.63, 3.8) is 0 Å². The predicted molar refractivity (Wildman–Crippen MR) is 122 cm³/mol. The fraction of sp³-hybridized carbons (Fsp3) is 0.385. The van der Waals surface area contributed by atoms with Gasteiger partial charge in [-0.15, -0.1) is 0 Å². The average Bonchev–Trinajstić information content (AvgIpc) is 3.30. The molecule has 2 N–H and O–H groups in total. The molecular weight excluding hydrogens is 420 g/mol. The van der Waals surface area contributed by atoms with E-state index in [-0.39, 0.29) is 17.4 Å². The quantitative estimate of drug-likeness (QED) is 0.371. The van der Waals surface area contributed by atoms with E-state index in [1.807, 2.05) is 6.92 Å². The molecule has 0 spiro atoms. The standard InChI is InChI=1S/C26H30N2O5/c1-4-27(5-2)11-12-28-23(17-7-6-8-20(29)15-17)22(25(31)26(28)32)24(30)18-9-10-21-19(14-18)13-16(3)33-21/h6-10,14-16,23,29-30H,4-5,11-13H2,1-3H3. The number of nitrogens with zero attached hydrogens (tertiary/aromatic N) is 1. The van der Waals surface area contributed by atoms with Gasteiger partial charge in [-0.2, -0.15) is 0 Å². The molecule has 2 aliphatic rings. The van der Waals surface area contributed by atoms with Crippen LogP contribution in [0.3, 0.4) is 0 Å². The van der Waals surface area contributed by atoms with E-state index in [0.29, 0.717) is 30.6 Å². The number of Topliss-reactive ketones (excluding diaryl/α,β-unsaturated/α-hetero) is 1. The number of quaternary nitrogens is 1. The second-order valence-electron chi connectivity index (χ2n) is 8.73. The summed E-state index contributed by atoms with van der Waals surface area (Å²) < 4.78 is 5.72. The van der Waals surface area contributed by atoms with E-state index in [1.165, 1.54) is 21.9 Å². The molecule has 2 aromatic rings. The van der Waals surface area contributed by atoms with Crippen LogP contribution in [0.1, 0.15) is 43.5 Å². The van der Waals surface area contributed by atoms with Crippen molar-refractivity contribution >= 4 is 17.4 Å². The Balaban J connectivity index is 1.79. The van der Waals surface area contributed by atoms with Crippen LogP contribution in [0.5, 0.6) is 11.5 Å². The zero-order valence-corrected chi connectivity index (χ0v) is 19.3. The lowest BCUT2D eigenvalue weighted by molar-refractivity contribution is -0.895. The van der Waals surface area contributed by atoms with E-state index in [9.17, 15) is 19.8 Å². The molecule has 1 amide bonds. The number of benzene rings is 2. The molecule has 2 aromatic carbocycles. The number of rotatable bonds is 7. The zero-order chi connectivity index (χ0) is 23.7. The summed E-state index contributed by atoms with van der Waals surface area (Å²) in [5.41, 5.74) is 1.77. The van der Waals surface area contributed by atoms with E-state index < -0.39 is 23.5 Å². The molecule has 2 heterocycles. The Morgan fingerprint density at radius 1 is 1.18 bits per heavy atom. The summed E-state index contributed by atoms with van der Waals surface area (Å²) in [6.07, 6.45) is 0.721. The Hall–Kier alpha value is -3.32. The lowest BCUT2D eigenvalue weighted by Crippen LogP contribution is -3.12. The number of hydrogen-bond acceptors (Lipinski definition) is 5. The third-order valence-electron chi connectivity index (χ3n) is 6.58. The Labute approximate surface area is 193 Å². The highest BCUT2D eigenvalue weighted by atomic mass is 16.5. The first-order valence-corrected chi connectivity index (χ1v) is 11.5. The van der Waals surface area contributed by atoms with E-state index in [0.717, 1.165) is 24.4 Å². The van der Waals surface area contributed by atoms with Crippen molar-refractivity contribution in [3.8, 4) is 11.5 Å². The van der Waals surface area contributed by atoms with Gasteiger partial charge in [-0.1, -0.05) is 24.0 Å². The molecule has 1 fully saturated rings. The van der Waals surface area contributed by atoms with Gasteiger partial charge in [-0.3, -0.25) is 9.59 Å². The number of ketones is 1. The van der Waals surface area contributed by atoms with Crippen LogP contribution < -0.4 is 14.7 Å². The molecule has 0 aliphatic carbocycles. The number of hydrogen-bond donors (Lipinski definition) is 2. The Morgan fingerprint density at radius 3 is 2.64 bits per heavy atom. The molecule has 7 heteroatoms. The maximum atomic E-state index is 13.6. The van der Waals surface area contributed by atoms with Crippen molar-refractivity contribution in [1.29, 1.82) is 0 Å². The van der Waals surface area contributed by atoms with Crippen molar-refractivity contribution in [2.24, 2.45) is 0 Å². The van der Waals surface area contributed by atoms with Crippen molar-refractivity contribution in [2.75, 3.05) is 26.2 Å². The molecule has 2 aliphatic heterocycles. The highest BCUT2D eigenvalue weighted by molar-refractivity contribution is 6.46. The summed E-state index contributed by atoms with van der Waals surface area (Å²) in [4.78, 5) is 28.9. The SMILES string of the molecule is CC[NH+](CC)CCN1C(=O)C(=O)C(=C([O-])c2ccc3c(c2)CC(C)O3)C1c1cccc(O)c1. The monoisotopic (exact) mass is 450 g/mol. The number of fused-ring (bicyclic) bond motifs is 1. The maximum Gasteiger partial charge on any atom is 0.295 e. The normalized spacial score (nSPS) is 21.5. The number of amides is 1. The van der Waals surface area contributed by atoms with Crippen LogP contribution in [0.15, 0.2) is 48.0 Å². The van der Waals surface area contributed by atoms with E-state index in [1.54, 1.807) is 30.3 Å². The summed E-state index contributed by atoms with van der Waals surface area (Å²) in [7, 11) is 0. The van der Waals surface area contributed by atoms with Gasteiger partial charge in [0.15, 0.2) is 0 Å². The number of carbonyl (C=O) groups excluding carboxylic acids is 2. The van der Waals surface area contributed by atoms with Gasteiger partial charge in [-0.25, -0.2) is 0 Å². The van der Waals surface area contributed by atoms with Gasteiger partial charge in [0.1, 0.15) is 17.6 Å². The number of likely N-dealkylation sites (N-methyl/N-ethyl adjacent to an activating group) is 1. The lowest BCUT2D eigenvalue weighted by Gasteiger charge is -2.28. The number of phenols is 1. The molecule has 0 radical (unpaired) electrons. The molecule has 33 heavy (non-hydrogen) atoms.